The molecule has 0 amide bonds. The molecule has 31 heavy (non-hydrogen) atoms. The van der Waals surface area contributed by atoms with E-state index in [1.165, 1.54) is 22.3 Å². The molecule has 0 aromatic heterocycles. The van der Waals surface area contributed by atoms with Crippen molar-refractivity contribution in [3.05, 3.63) is 70.8 Å². The first-order valence-corrected chi connectivity index (χ1v) is 11.1. The number of morpholine rings is 1. The van der Waals surface area contributed by atoms with Gasteiger partial charge >= 0.3 is 0 Å². The number of rotatable bonds is 9. The number of ether oxygens (including phenoxy) is 2. The molecule has 1 aliphatic heterocycles. The first-order chi connectivity index (χ1) is 15.1. The molecule has 0 spiro atoms. The highest BCUT2D eigenvalue weighted by molar-refractivity contribution is 5.79. The SMILES string of the molecule is CN=C(NCc1cccc(COC(C)C)c1)NCc1ccccc1CN1CCOCC1. The summed E-state index contributed by atoms with van der Waals surface area (Å²) in [7, 11) is 1.81. The summed E-state index contributed by atoms with van der Waals surface area (Å²) in [6, 6.07) is 17.1. The Morgan fingerprint density at radius 1 is 1.00 bits per heavy atom. The maximum Gasteiger partial charge on any atom is 0.191 e. The summed E-state index contributed by atoms with van der Waals surface area (Å²) in [6.45, 7) is 10.8. The molecular formula is C25H36N4O2. The number of guanidine groups is 1. The standard InChI is InChI=1S/C25H36N4O2/c1-20(2)31-19-22-8-6-7-21(15-22)16-27-25(26-3)28-17-23-9-4-5-10-24(23)18-29-11-13-30-14-12-29/h4-10,15,20H,11-14,16-19H2,1-3H3,(H2,26,27,28). The summed E-state index contributed by atoms with van der Waals surface area (Å²) in [5.74, 6) is 0.796. The van der Waals surface area contributed by atoms with Crippen LogP contribution in [0.3, 0.4) is 0 Å². The van der Waals surface area contributed by atoms with E-state index in [-0.39, 0.29) is 6.10 Å². The summed E-state index contributed by atoms with van der Waals surface area (Å²) in [5.41, 5.74) is 5.04. The van der Waals surface area contributed by atoms with Crippen molar-refractivity contribution >= 4 is 5.96 Å². The van der Waals surface area contributed by atoms with E-state index < -0.39 is 0 Å². The van der Waals surface area contributed by atoms with Crippen LogP contribution in [-0.2, 0) is 35.7 Å². The van der Waals surface area contributed by atoms with Crippen LogP contribution in [-0.4, -0.2) is 50.3 Å². The van der Waals surface area contributed by atoms with E-state index in [9.17, 15) is 0 Å². The molecule has 0 bridgehead atoms. The molecule has 1 fully saturated rings. The Kier molecular flexibility index (Phi) is 9.34. The average molecular weight is 425 g/mol. The second-order valence-electron chi connectivity index (χ2n) is 8.12. The minimum atomic E-state index is 0.232. The smallest absolute Gasteiger partial charge is 0.191 e. The van der Waals surface area contributed by atoms with Crippen LogP contribution in [0.15, 0.2) is 53.5 Å². The fraction of sp³-hybridized carbons (Fsp3) is 0.480. The van der Waals surface area contributed by atoms with E-state index in [4.69, 9.17) is 9.47 Å². The number of nitrogens with zero attached hydrogens (tertiary/aromatic N) is 2. The van der Waals surface area contributed by atoms with Crippen LogP contribution in [0.25, 0.3) is 0 Å². The summed E-state index contributed by atoms with van der Waals surface area (Å²) in [4.78, 5) is 6.84. The van der Waals surface area contributed by atoms with Gasteiger partial charge < -0.3 is 20.1 Å². The minimum absolute atomic E-state index is 0.232. The Bertz CT molecular complexity index is 832. The van der Waals surface area contributed by atoms with Crippen molar-refractivity contribution in [3.63, 3.8) is 0 Å². The normalized spacial score (nSPS) is 15.3. The van der Waals surface area contributed by atoms with E-state index in [2.05, 4.69) is 82.9 Å². The van der Waals surface area contributed by atoms with Gasteiger partial charge in [-0.25, -0.2) is 0 Å². The zero-order valence-electron chi connectivity index (χ0n) is 19.1. The largest absolute Gasteiger partial charge is 0.379 e. The van der Waals surface area contributed by atoms with E-state index in [0.29, 0.717) is 13.2 Å². The van der Waals surface area contributed by atoms with Crippen molar-refractivity contribution in [2.24, 2.45) is 4.99 Å². The predicted molar refractivity (Wildman–Crippen MR) is 126 cm³/mol. The fourth-order valence-electron chi connectivity index (χ4n) is 3.56. The van der Waals surface area contributed by atoms with Crippen LogP contribution in [0.1, 0.15) is 36.1 Å². The van der Waals surface area contributed by atoms with Crippen molar-refractivity contribution in [1.29, 1.82) is 0 Å². The fourth-order valence-corrected chi connectivity index (χ4v) is 3.56. The highest BCUT2D eigenvalue weighted by Crippen LogP contribution is 2.13. The van der Waals surface area contributed by atoms with Gasteiger partial charge in [-0.3, -0.25) is 9.89 Å². The molecule has 0 aliphatic carbocycles. The lowest BCUT2D eigenvalue weighted by molar-refractivity contribution is 0.0341. The number of hydrogen-bond acceptors (Lipinski definition) is 4. The number of nitrogens with one attached hydrogen (secondary N) is 2. The van der Waals surface area contributed by atoms with Crippen molar-refractivity contribution in [1.82, 2.24) is 15.5 Å². The Labute approximate surface area is 186 Å². The molecule has 1 saturated heterocycles. The van der Waals surface area contributed by atoms with E-state index in [1.54, 1.807) is 0 Å². The van der Waals surface area contributed by atoms with Crippen molar-refractivity contribution in [2.75, 3.05) is 33.4 Å². The van der Waals surface area contributed by atoms with Crippen LogP contribution < -0.4 is 10.6 Å². The molecule has 2 aromatic carbocycles. The average Bonchev–Trinajstić information content (AvgIpc) is 2.80. The predicted octanol–water partition coefficient (Wildman–Crippen LogP) is 3.31. The zero-order chi connectivity index (χ0) is 21.9. The van der Waals surface area contributed by atoms with Crippen molar-refractivity contribution < 1.29 is 9.47 Å². The zero-order valence-corrected chi connectivity index (χ0v) is 19.1. The summed E-state index contributed by atoms with van der Waals surface area (Å²) in [6.07, 6.45) is 0.232. The lowest BCUT2D eigenvalue weighted by Crippen LogP contribution is -2.37. The van der Waals surface area contributed by atoms with Gasteiger partial charge in [0.15, 0.2) is 5.96 Å². The van der Waals surface area contributed by atoms with E-state index in [1.807, 2.05) is 7.05 Å². The maximum atomic E-state index is 5.72. The third-order valence-electron chi connectivity index (χ3n) is 5.32. The molecule has 0 radical (unpaired) electrons. The van der Waals surface area contributed by atoms with Crippen LogP contribution in [0, 0.1) is 0 Å². The van der Waals surface area contributed by atoms with Crippen LogP contribution in [0.2, 0.25) is 0 Å². The molecule has 0 atom stereocenters. The van der Waals surface area contributed by atoms with Gasteiger partial charge in [0.25, 0.3) is 0 Å². The molecule has 0 unspecified atom stereocenters. The van der Waals surface area contributed by atoms with Gasteiger partial charge in [0.1, 0.15) is 0 Å². The number of aliphatic imine (C=N–C) groups is 1. The van der Waals surface area contributed by atoms with Gasteiger partial charge in [-0.1, -0.05) is 48.5 Å². The van der Waals surface area contributed by atoms with Crippen LogP contribution in [0.4, 0.5) is 0 Å². The molecular weight excluding hydrogens is 388 g/mol. The molecule has 0 saturated carbocycles. The summed E-state index contributed by atoms with van der Waals surface area (Å²) < 4.78 is 11.2. The summed E-state index contributed by atoms with van der Waals surface area (Å²) >= 11 is 0. The first-order valence-electron chi connectivity index (χ1n) is 11.1. The highest BCUT2D eigenvalue weighted by Gasteiger charge is 2.12. The Morgan fingerprint density at radius 3 is 2.45 bits per heavy atom. The van der Waals surface area contributed by atoms with Gasteiger partial charge in [-0.2, -0.15) is 0 Å². The highest BCUT2D eigenvalue weighted by atomic mass is 16.5. The molecule has 3 rings (SSSR count). The molecule has 1 heterocycles. The third-order valence-corrected chi connectivity index (χ3v) is 5.32. The van der Waals surface area contributed by atoms with Gasteiger partial charge in [-0.15, -0.1) is 0 Å². The first kappa shape index (κ1) is 23.3. The lowest BCUT2D eigenvalue weighted by atomic mass is 10.1. The van der Waals surface area contributed by atoms with Crippen molar-refractivity contribution in [3.8, 4) is 0 Å². The monoisotopic (exact) mass is 424 g/mol. The quantitative estimate of drug-likeness (QED) is 0.478. The molecule has 2 aromatic rings. The Morgan fingerprint density at radius 2 is 1.71 bits per heavy atom. The Hall–Kier alpha value is -2.41. The van der Waals surface area contributed by atoms with Gasteiger partial charge in [0, 0.05) is 39.8 Å². The van der Waals surface area contributed by atoms with Crippen LogP contribution >= 0.6 is 0 Å². The number of benzene rings is 2. The molecule has 168 valence electrons. The lowest BCUT2D eigenvalue weighted by Gasteiger charge is -2.27. The molecule has 2 N–H and O–H groups in total. The Balaban J connectivity index is 1.51. The topological polar surface area (TPSA) is 58.1 Å². The third kappa shape index (κ3) is 7.98. The van der Waals surface area contributed by atoms with E-state index >= 15 is 0 Å². The molecule has 1 aliphatic rings. The number of hydrogen-bond donors (Lipinski definition) is 2. The van der Waals surface area contributed by atoms with Gasteiger partial charge in [-0.05, 0) is 36.1 Å². The molecule has 6 nitrogen and oxygen atoms in total. The minimum Gasteiger partial charge on any atom is -0.379 e. The van der Waals surface area contributed by atoms with E-state index in [0.717, 1.165) is 45.4 Å². The summed E-state index contributed by atoms with van der Waals surface area (Å²) in [5, 5.41) is 6.88. The van der Waals surface area contributed by atoms with Crippen molar-refractivity contribution in [2.45, 2.75) is 46.2 Å². The second-order valence-corrected chi connectivity index (χ2v) is 8.12. The second kappa shape index (κ2) is 12.4. The van der Waals surface area contributed by atoms with Crippen LogP contribution in [0.5, 0.6) is 0 Å². The maximum absolute atomic E-state index is 5.72. The van der Waals surface area contributed by atoms with Gasteiger partial charge in [0.05, 0.1) is 25.9 Å². The molecule has 6 heteroatoms. The van der Waals surface area contributed by atoms with Gasteiger partial charge in [0.2, 0.25) is 0 Å².